The summed E-state index contributed by atoms with van der Waals surface area (Å²) in [5.74, 6) is 0. The summed E-state index contributed by atoms with van der Waals surface area (Å²) >= 11 is 0. The summed E-state index contributed by atoms with van der Waals surface area (Å²) in [6.45, 7) is 1.13. The maximum Gasteiger partial charge on any atom is 0.0270 e. The van der Waals surface area contributed by atoms with E-state index in [2.05, 4.69) is 41.4 Å². The molecule has 100 valence electrons. The number of rotatable bonds is 5. The van der Waals surface area contributed by atoms with E-state index in [-0.39, 0.29) is 0 Å². The fourth-order valence-electron chi connectivity index (χ4n) is 3.00. The van der Waals surface area contributed by atoms with Crippen LogP contribution in [-0.2, 0) is 6.42 Å². The third-order valence-electron chi connectivity index (χ3n) is 4.17. The van der Waals surface area contributed by atoms with Gasteiger partial charge in [0, 0.05) is 31.0 Å². The Morgan fingerprint density at radius 3 is 2.72 bits per heavy atom. The maximum atomic E-state index is 4.06. The molecule has 18 heavy (non-hydrogen) atoms. The third-order valence-corrected chi connectivity index (χ3v) is 4.17. The Morgan fingerprint density at radius 1 is 1.28 bits per heavy atom. The molecular weight excluding hydrogens is 222 g/mol. The van der Waals surface area contributed by atoms with E-state index in [4.69, 9.17) is 0 Å². The molecule has 0 aromatic carbocycles. The molecule has 1 aliphatic carbocycles. The zero-order valence-corrected chi connectivity index (χ0v) is 11.6. The number of pyridine rings is 1. The zero-order valence-electron chi connectivity index (χ0n) is 11.6. The molecule has 1 aromatic heterocycles. The lowest BCUT2D eigenvalue weighted by molar-refractivity contribution is 0.155. The molecular formula is C15H25N3. The Bertz CT molecular complexity index is 339. The van der Waals surface area contributed by atoms with Crippen molar-refractivity contribution in [2.75, 3.05) is 20.6 Å². The van der Waals surface area contributed by atoms with Crippen LogP contribution in [0.1, 0.15) is 31.2 Å². The zero-order chi connectivity index (χ0) is 12.8. The molecule has 2 unspecified atom stereocenters. The van der Waals surface area contributed by atoms with Gasteiger partial charge in [-0.15, -0.1) is 0 Å². The minimum absolute atomic E-state index is 0.668. The van der Waals surface area contributed by atoms with E-state index in [0.29, 0.717) is 12.1 Å². The van der Waals surface area contributed by atoms with Gasteiger partial charge in [-0.3, -0.25) is 4.98 Å². The SMILES string of the molecule is CNC1CCCCC1N(C)CCc1ccncc1. The maximum absolute atomic E-state index is 4.06. The number of hydrogen-bond donors (Lipinski definition) is 1. The molecule has 2 atom stereocenters. The largest absolute Gasteiger partial charge is 0.315 e. The highest BCUT2D eigenvalue weighted by atomic mass is 15.2. The first-order chi connectivity index (χ1) is 8.81. The van der Waals surface area contributed by atoms with Crippen LogP contribution in [0.5, 0.6) is 0 Å². The van der Waals surface area contributed by atoms with E-state index in [1.54, 1.807) is 0 Å². The van der Waals surface area contributed by atoms with E-state index in [0.717, 1.165) is 13.0 Å². The van der Waals surface area contributed by atoms with Crippen LogP contribution < -0.4 is 5.32 Å². The second-order valence-corrected chi connectivity index (χ2v) is 5.33. The van der Waals surface area contributed by atoms with Gasteiger partial charge in [-0.25, -0.2) is 0 Å². The molecule has 1 saturated carbocycles. The Labute approximate surface area is 111 Å². The van der Waals surface area contributed by atoms with Gasteiger partial charge in [-0.2, -0.15) is 0 Å². The molecule has 1 aromatic rings. The van der Waals surface area contributed by atoms with E-state index in [1.807, 2.05) is 12.4 Å². The van der Waals surface area contributed by atoms with Crippen LogP contribution >= 0.6 is 0 Å². The second-order valence-electron chi connectivity index (χ2n) is 5.33. The summed E-state index contributed by atoms with van der Waals surface area (Å²) in [6.07, 6.45) is 10.3. The van der Waals surface area contributed by atoms with E-state index in [1.165, 1.54) is 31.2 Å². The highest BCUT2D eigenvalue weighted by molar-refractivity contribution is 5.10. The average Bonchev–Trinajstić information content (AvgIpc) is 2.45. The number of likely N-dealkylation sites (N-methyl/N-ethyl adjacent to an activating group) is 2. The minimum Gasteiger partial charge on any atom is -0.315 e. The van der Waals surface area contributed by atoms with Gasteiger partial charge in [0.1, 0.15) is 0 Å². The molecule has 1 aliphatic rings. The van der Waals surface area contributed by atoms with Crippen molar-refractivity contribution >= 4 is 0 Å². The topological polar surface area (TPSA) is 28.2 Å². The Hall–Kier alpha value is -0.930. The molecule has 1 fully saturated rings. The highest BCUT2D eigenvalue weighted by Gasteiger charge is 2.26. The van der Waals surface area contributed by atoms with Gasteiger partial charge in [-0.1, -0.05) is 12.8 Å². The van der Waals surface area contributed by atoms with Gasteiger partial charge in [0.2, 0.25) is 0 Å². The van der Waals surface area contributed by atoms with Gasteiger partial charge in [0.25, 0.3) is 0 Å². The van der Waals surface area contributed by atoms with Crippen molar-refractivity contribution in [3.63, 3.8) is 0 Å². The van der Waals surface area contributed by atoms with Gasteiger partial charge in [0.15, 0.2) is 0 Å². The molecule has 3 nitrogen and oxygen atoms in total. The van der Waals surface area contributed by atoms with Crippen molar-refractivity contribution in [1.29, 1.82) is 0 Å². The van der Waals surface area contributed by atoms with E-state index >= 15 is 0 Å². The van der Waals surface area contributed by atoms with Crippen LogP contribution in [0.15, 0.2) is 24.5 Å². The summed E-state index contributed by atoms with van der Waals surface area (Å²) in [4.78, 5) is 6.59. The van der Waals surface area contributed by atoms with Crippen LogP contribution in [0, 0.1) is 0 Å². The summed E-state index contributed by atoms with van der Waals surface area (Å²) in [5, 5.41) is 3.48. The minimum atomic E-state index is 0.668. The van der Waals surface area contributed by atoms with Crippen LogP contribution in [0.4, 0.5) is 0 Å². The molecule has 0 spiro atoms. The molecule has 0 saturated heterocycles. The highest BCUT2D eigenvalue weighted by Crippen LogP contribution is 2.22. The Balaban J connectivity index is 1.85. The van der Waals surface area contributed by atoms with Crippen molar-refractivity contribution in [3.05, 3.63) is 30.1 Å². The van der Waals surface area contributed by atoms with Crippen molar-refractivity contribution in [2.24, 2.45) is 0 Å². The number of nitrogens with zero attached hydrogens (tertiary/aromatic N) is 2. The lowest BCUT2D eigenvalue weighted by Gasteiger charge is -2.38. The summed E-state index contributed by atoms with van der Waals surface area (Å²) in [7, 11) is 4.36. The van der Waals surface area contributed by atoms with Crippen LogP contribution in [0.3, 0.4) is 0 Å². The van der Waals surface area contributed by atoms with Crippen LogP contribution in [-0.4, -0.2) is 42.6 Å². The monoisotopic (exact) mass is 247 g/mol. The van der Waals surface area contributed by atoms with Gasteiger partial charge in [0.05, 0.1) is 0 Å². The van der Waals surface area contributed by atoms with E-state index in [9.17, 15) is 0 Å². The number of hydrogen-bond acceptors (Lipinski definition) is 3. The lowest BCUT2D eigenvalue weighted by atomic mass is 9.89. The van der Waals surface area contributed by atoms with Crippen LogP contribution in [0.25, 0.3) is 0 Å². The second kappa shape index (κ2) is 6.86. The first-order valence-corrected chi connectivity index (χ1v) is 7.07. The molecule has 0 radical (unpaired) electrons. The summed E-state index contributed by atoms with van der Waals surface area (Å²) in [5.41, 5.74) is 1.38. The standard InChI is InChI=1S/C15H25N3/c1-16-14-5-3-4-6-15(14)18(2)12-9-13-7-10-17-11-8-13/h7-8,10-11,14-16H,3-6,9,12H2,1-2H3. The average molecular weight is 247 g/mol. The molecule has 0 amide bonds. The van der Waals surface area contributed by atoms with Gasteiger partial charge < -0.3 is 10.2 Å². The smallest absolute Gasteiger partial charge is 0.0270 e. The Morgan fingerprint density at radius 2 is 2.00 bits per heavy atom. The van der Waals surface area contributed by atoms with Crippen molar-refractivity contribution in [3.8, 4) is 0 Å². The molecule has 1 heterocycles. The third kappa shape index (κ3) is 3.53. The van der Waals surface area contributed by atoms with Crippen molar-refractivity contribution in [2.45, 2.75) is 44.2 Å². The lowest BCUT2D eigenvalue weighted by Crippen LogP contribution is -2.49. The van der Waals surface area contributed by atoms with E-state index < -0.39 is 0 Å². The normalized spacial score (nSPS) is 24.4. The molecule has 0 bridgehead atoms. The number of nitrogens with one attached hydrogen (secondary N) is 1. The molecule has 1 N–H and O–H groups in total. The van der Waals surface area contributed by atoms with Gasteiger partial charge in [-0.05, 0) is 51.1 Å². The first-order valence-electron chi connectivity index (χ1n) is 7.07. The van der Waals surface area contributed by atoms with Gasteiger partial charge >= 0.3 is 0 Å². The van der Waals surface area contributed by atoms with Crippen molar-refractivity contribution < 1.29 is 0 Å². The predicted octanol–water partition coefficient (Wildman–Crippen LogP) is 2.09. The fourth-order valence-corrected chi connectivity index (χ4v) is 3.00. The Kier molecular flexibility index (Phi) is 5.14. The van der Waals surface area contributed by atoms with Crippen molar-refractivity contribution in [1.82, 2.24) is 15.2 Å². The molecule has 2 rings (SSSR count). The number of aromatic nitrogens is 1. The molecule has 3 heteroatoms. The predicted molar refractivity (Wildman–Crippen MR) is 75.7 cm³/mol. The quantitative estimate of drug-likeness (QED) is 0.863. The molecule has 0 aliphatic heterocycles. The fraction of sp³-hybridized carbons (Fsp3) is 0.667. The summed E-state index contributed by atoms with van der Waals surface area (Å²) < 4.78 is 0. The first kappa shape index (κ1) is 13.5. The van der Waals surface area contributed by atoms with Crippen LogP contribution in [0.2, 0.25) is 0 Å². The summed E-state index contributed by atoms with van der Waals surface area (Å²) in [6, 6.07) is 5.60.